The molecule has 1 heterocycles. The van der Waals surface area contributed by atoms with E-state index in [4.69, 9.17) is 9.47 Å². The summed E-state index contributed by atoms with van der Waals surface area (Å²) >= 11 is 1.55. The van der Waals surface area contributed by atoms with Crippen LogP contribution in [0.5, 0.6) is 10.9 Å². The number of nitrogens with zero attached hydrogens (tertiary/aromatic N) is 1. The standard InChI is InChI=1S/C11H13NO2S/c1-4-14-11-12-10-7(2)5-8(13-3)6-9(10)15-11/h5-6H,4H2,1-3H3. The SMILES string of the molecule is CCOc1nc2c(C)cc(OC)cc2s1. The van der Waals surface area contributed by atoms with E-state index in [9.17, 15) is 0 Å². The van der Waals surface area contributed by atoms with Crippen molar-refractivity contribution in [2.45, 2.75) is 13.8 Å². The lowest BCUT2D eigenvalue weighted by Crippen LogP contribution is -1.89. The highest BCUT2D eigenvalue weighted by molar-refractivity contribution is 7.20. The van der Waals surface area contributed by atoms with Crippen LogP contribution in [0.4, 0.5) is 0 Å². The Balaban J connectivity index is 2.54. The van der Waals surface area contributed by atoms with Crippen LogP contribution < -0.4 is 9.47 Å². The van der Waals surface area contributed by atoms with Crippen LogP contribution in [0.25, 0.3) is 10.2 Å². The summed E-state index contributed by atoms with van der Waals surface area (Å²) in [6.45, 7) is 4.63. The van der Waals surface area contributed by atoms with Crippen LogP contribution in [-0.4, -0.2) is 18.7 Å². The lowest BCUT2D eigenvalue weighted by Gasteiger charge is -2.00. The molecule has 0 fully saturated rings. The second-order valence-electron chi connectivity index (χ2n) is 3.20. The molecule has 0 unspecified atom stereocenters. The fraction of sp³-hybridized carbons (Fsp3) is 0.364. The third-order valence-electron chi connectivity index (χ3n) is 2.14. The molecule has 1 aromatic heterocycles. The average molecular weight is 223 g/mol. The van der Waals surface area contributed by atoms with Gasteiger partial charge in [-0.3, -0.25) is 0 Å². The van der Waals surface area contributed by atoms with Gasteiger partial charge in [-0.15, -0.1) is 0 Å². The van der Waals surface area contributed by atoms with Crippen molar-refractivity contribution in [1.29, 1.82) is 0 Å². The van der Waals surface area contributed by atoms with Gasteiger partial charge in [0, 0.05) is 0 Å². The highest BCUT2D eigenvalue weighted by Gasteiger charge is 2.08. The Kier molecular flexibility index (Phi) is 2.77. The van der Waals surface area contributed by atoms with Gasteiger partial charge in [-0.2, -0.15) is 0 Å². The van der Waals surface area contributed by atoms with Gasteiger partial charge in [0.05, 0.1) is 23.9 Å². The summed E-state index contributed by atoms with van der Waals surface area (Å²) in [5.74, 6) is 0.867. The monoisotopic (exact) mass is 223 g/mol. The lowest BCUT2D eigenvalue weighted by molar-refractivity contribution is 0.339. The first-order valence-corrected chi connectivity index (χ1v) is 5.64. The number of fused-ring (bicyclic) bond motifs is 1. The zero-order valence-electron chi connectivity index (χ0n) is 9.03. The summed E-state index contributed by atoms with van der Waals surface area (Å²) in [5.41, 5.74) is 2.12. The van der Waals surface area contributed by atoms with Crippen molar-refractivity contribution in [2.24, 2.45) is 0 Å². The molecule has 2 aromatic rings. The summed E-state index contributed by atoms with van der Waals surface area (Å²) < 4.78 is 11.7. The number of hydrogen-bond acceptors (Lipinski definition) is 4. The second-order valence-corrected chi connectivity index (χ2v) is 4.20. The van der Waals surface area contributed by atoms with Crippen molar-refractivity contribution in [3.05, 3.63) is 17.7 Å². The topological polar surface area (TPSA) is 31.4 Å². The number of methoxy groups -OCH3 is 1. The number of aryl methyl sites for hydroxylation is 1. The summed E-state index contributed by atoms with van der Waals surface area (Å²) in [4.78, 5) is 4.42. The fourth-order valence-electron chi connectivity index (χ4n) is 1.45. The molecule has 0 amide bonds. The van der Waals surface area contributed by atoms with Gasteiger partial charge in [0.2, 0.25) is 0 Å². The third-order valence-corrected chi connectivity index (χ3v) is 3.06. The molecule has 0 spiro atoms. The highest BCUT2D eigenvalue weighted by Crippen LogP contribution is 2.32. The maximum atomic E-state index is 5.39. The van der Waals surface area contributed by atoms with Crippen LogP contribution in [0.3, 0.4) is 0 Å². The Hall–Kier alpha value is -1.29. The van der Waals surface area contributed by atoms with Crippen molar-refractivity contribution in [3.8, 4) is 10.9 Å². The summed E-state index contributed by atoms with van der Waals surface area (Å²) in [6, 6.07) is 3.97. The van der Waals surface area contributed by atoms with E-state index in [0.29, 0.717) is 6.61 Å². The van der Waals surface area contributed by atoms with Crippen molar-refractivity contribution in [2.75, 3.05) is 13.7 Å². The van der Waals surface area contributed by atoms with E-state index in [1.54, 1.807) is 18.4 Å². The van der Waals surface area contributed by atoms with Crippen LogP contribution in [0.2, 0.25) is 0 Å². The Bertz CT molecular complexity index is 479. The molecular formula is C11H13NO2S. The van der Waals surface area contributed by atoms with Crippen molar-refractivity contribution in [1.82, 2.24) is 4.98 Å². The maximum Gasteiger partial charge on any atom is 0.274 e. The molecule has 3 nitrogen and oxygen atoms in total. The van der Waals surface area contributed by atoms with Gasteiger partial charge in [-0.05, 0) is 31.5 Å². The van der Waals surface area contributed by atoms with Crippen LogP contribution >= 0.6 is 11.3 Å². The van der Waals surface area contributed by atoms with Crippen LogP contribution in [0, 0.1) is 6.92 Å². The predicted octanol–water partition coefficient (Wildman–Crippen LogP) is 3.01. The molecule has 0 radical (unpaired) electrons. The molecule has 2 rings (SSSR count). The second kappa shape index (κ2) is 4.06. The third kappa shape index (κ3) is 1.90. The minimum absolute atomic E-state index is 0.649. The molecule has 0 aliphatic rings. The summed E-state index contributed by atoms with van der Waals surface area (Å²) in [7, 11) is 1.67. The first kappa shape index (κ1) is 10.2. The average Bonchev–Trinajstić information content (AvgIpc) is 2.61. The van der Waals surface area contributed by atoms with Gasteiger partial charge in [-0.1, -0.05) is 11.3 Å². The fourth-order valence-corrected chi connectivity index (χ4v) is 2.43. The highest BCUT2D eigenvalue weighted by atomic mass is 32.1. The molecule has 0 aliphatic carbocycles. The largest absolute Gasteiger partial charge is 0.497 e. The van der Waals surface area contributed by atoms with Gasteiger partial charge in [0.15, 0.2) is 0 Å². The normalized spacial score (nSPS) is 10.6. The van der Waals surface area contributed by atoms with Crippen LogP contribution in [-0.2, 0) is 0 Å². The smallest absolute Gasteiger partial charge is 0.274 e. The maximum absolute atomic E-state index is 5.39. The molecule has 0 atom stereocenters. The number of benzene rings is 1. The van der Waals surface area contributed by atoms with Crippen LogP contribution in [0.15, 0.2) is 12.1 Å². The molecule has 15 heavy (non-hydrogen) atoms. The molecule has 0 saturated heterocycles. The number of thiazole rings is 1. The minimum Gasteiger partial charge on any atom is -0.497 e. The molecule has 0 saturated carbocycles. The van der Waals surface area contributed by atoms with Crippen molar-refractivity contribution in [3.63, 3.8) is 0 Å². The first-order chi connectivity index (χ1) is 7.24. The van der Waals surface area contributed by atoms with E-state index in [1.807, 2.05) is 26.0 Å². The lowest BCUT2D eigenvalue weighted by atomic mass is 10.2. The molecule has 4 heteroatoms. The van der Waals surface area contributed by atoms with Gasteiger partial charge in [0.25, 0.3) is 5.19 Å². The Morgan fingerprint density at radius 3 is 2.87 bits per heavy atom. The van der Waals surface area contributed by atoms with Crippen molar-refractivity contribution < 1.29 is 9.47 Å². The number of hydrogen-bond donors (Lipinski definition) is 0. The van der Waals surface area contributed by atoms with E-state index in [2.05, 4.69) is 4.98 Å². The zero-order valence-corrected chi connectivity index (χ0v) is 9.85. The van der Waals surface area contributed by atoms with E-state index in [1.165, 1.54) is 0 Å². The van der Waals surface area contributed by atoms with E-state index < -0.39 is 0 Å². The molecule has 0 aliphatic heterocycles. The Labute approximate surface area is 92.7 Å². The molecule has 0 N–H and O–H groups in total. The Morgan fingerprint density at radius 1 is 1.40 bits per heavy atom. The van der Waals surface area contributed by atoms with E-state index >= 15 is 0 Å². The minimum atomic E-state index is 0.649. The molecule has 80 valence electrons. The van der Waals surface area contributed by atoms with Gasteiger partial charge < -0.3 is 9.47 Å². The zero-order chi connectivity index (χ0) is 10.8. The first-order valence-electron chi connectivity index (χ1n) is 4.82. The number of rotatable bonds is 3. The van der Waals surface area contributed by atoms with Gasteiger partial charge in [0.1, 0.15) is 5.75 Å². The van der Waals surface area contributed by atoms with Crippen LogP contribution in [0.1, 0.15) is 12.5 Å². The Morgan fingerprint density at radius 2 is 2.20 bits per heavy atom. The molecule has 0 bridgehead atoms. The summed E-state index contributed by atoms with van der Waals surface area (Å²) in [5, 5.41) is 0.726. The van der Waals surface area contributed by atoms with Gasteiger partial charge >= 0.3 is 0 Å². The van der Waals surface area contributed by atoms with E-state index in [0.717, 1.165) is 26.7 Å². The molecule has 1 aromatic carbocycles. The van der Waals surface area contributed by atoms with E-state index in [-0.39, 0.29) is 0 Å². The number of aromatic nitrogens is 1. The quantitative estimate of drug-likeness (QED) is 0.801. The number of ether oxygens (including phenoxy) is 2. The van der Waals surface area contributed by atoms with Crippen molar-refractivity contribution >= 4 is 21.6 Å². The molecular weight excluding hydrogens is 210 g/mol. The predicted molar refractivity (Wildman–Crippen MR) is 62.1 cm³/mol. The summed E-state index contributed by atoms with van der Waals surface area (Å²) in [6.07, 6.45) is 0. The van der Waals surface area contributed by atoms with Gasteiger partial charge in [-0.25, -0.2) is 4.98 Å².